The third-order valence-electron chi connectivity index (χ3n) is 5.15. The Kier molecular flexibility index (Phi) is 7.02. The number of ether oxygens (including phenoxy) is 1. The molecule has 1 heterocycles. The van der Waals surface area contributed by atoms with Gasteiger partial charge in [-0.15, -0.1) is 0 Å². The molecule has 7 heteroatoms. The smallest absolute Gasteiger partial charge is 0.256 e. The van der Waals surface area contributed by atoms with Crippen LogP contribution in [-0.4, -0.2) is 15.7 Å². The maximum absolute atomic E-state index is 12.8. The van der Waals surface area contributed by atoms with E-state index in [1.54, 1.807) is 23.0 Å². The number of rotatable bonds is 7. The minimum atomic E-state index is -0.298. The fraction of sp³-hybridized carbons (Fsp3) is 0.154. The number of amides is 1. The second-order valence-electron chi connectivity index (χ2n) is 7.83. The molecule has 0 bridgehead atoms. The number of carbonyl (C=O) groups excluding carboxylic acids is 1. The molecule has 4 aromatic rings. The Morgan fingerprint density at radius 2 is 1.82 bits per heavy atom. The van der Waals surface area contributed by atoms with Crippen molar-refractivity contribution in [1.82, 2.24) is 9.78 Å². The van der Waals surface area contributed by atoms with E-state index in [4.69, 9.17) is 27.9 Å². The Bertz CT molecular complexity index is 1300. The van der Waals surface area contributed by atoms with Crippen LogP contribution in [0.4, 0.5) is 5.82 Å². The van der Waals surface area contributed by atoms with Gasteiger partial charge in [0, 0.05) is 16.8 Å². The quantitative estimate of drug-likeness (QED) is 0.321. The molecule has 0 saturated heterocycles. The zero-order valence-electron chi connectivity index (χ0n) is 18.3. The van der Waals surface area contributed by atoms with E-state index in [9.17, 15) is 4.79 Å². The predicted molar refractivity (Wildman–Crippen MR) is 132 cm³/mol. The van der Waals surface area contributed by atoms with Crippen LogP contribution in [-0.2, 0) is 13.2 Å². The SMILES string of the molecule is Cc1ccc(OCc2cccc(C(=O)Nc3nn(Cc4ccccc4Cl)cc3Cl)c2)c(C)c1. The van der Waals surface area contributed by atoms with Crippen LogP contribution >= 0.6 is 23.2 Å². The van der Waals surface area contributed by atoms with E-state index in [0.717, 1.165) is 22.4 Å². The van der Waals surface area contributed by atoms with Crippen molar-refractivity contribution in [2.24, 2.45) is 0 Å². The molecule has 1 amide bonds. The minimum Gasteiger partial charge on any atom is -0.489 e. The topological polar surface area (TPSA) is 56.1 Å². The second kappa shape index (κ2) is 10.1. The molecule has 0 atom stereocenters. The number of hydrogen-bond acceptors (Lipinski definition) is 3. The van der Waals surface area contributed by atoms with E-state index in [2.05, 4.69) is 16.5 Å². The summed E-state index contributed by atoms with van der Waals surface area (Å²) in [6, 6.07) is 20.9. The molecule has 0 saturated carbocycles. The summed E-state index contributed by atoms with van der Waals surface area (Å²) in [4.78, 5) is 12.8. The Labute approximate surface area is 202 Å². The summed E-state index contributed by atoms with van der Waals surface area (Å²) < 4.78 is 7.59. The standard InChI is InChI=1S/C26H23Cl2N3O2/c1-17-10-11-24(18(2)12-17)33-16-19-6-5-8-20(13-19)26(32)29-25-23(28)15-31(30-25)14-21-7-3-4-9-22(21)27/h3-13,15H,14,16H2,1-2H3,(H,29,30,32). The number of nitrogens with one attached hydrogen (secondary N) is 1. The van der Waals surface area contributed by atoms with Crippen molar-refractivity contribution in [2.45, 2.75) is 27.0 Å². The molecular weight excluding hydrogens is 457 g/mol. The Balaban J connectivity index is 1.42. The van der Waals surface area contributed by atoms with Gasteiger partial charge in [-0.05, 0) is 54.8 Å². The maximum Gasteiger partial charge on any atom is 0.256 e. The molecule has 0 aliphatic carbocycles. The largest absolute Gasteiger partial charge is 0.489 e. The monoisotopic (exact) mass is 479 g/mol. The average Bonchev–Trinajstić information content (AvgIpc) is 3.13. The van der Waals surface area contributed by atoms with Crippen LogP contribution in [0.25, 0.3) is 0 Å². The van der Waals surface area contributed by atoms with Gasteiger partial charge in [0.15, 0.2) is 5.82 Å². The van der Waals surface area contributed by atoms with Crippen molar-refractivity contribution in [3.63, 3.8) is 0 Å². The first kappa shape index (κ1) is 22.9. The third-order valence-corrected chi connectivity index (χ3v) is 5.80. The van der Waals surface area contributed by atoms with Crippen molar-refractivity contribution in [2.75, 3.05) is 5.32 Å². The van der Waals surface area contributed by atoms with Crippen LogP contribution in [0.5, 0.6) is 5.75 Å². The number of hydrogen-bond donors (Lipinski definition) is 1. The van der Waals surface area contributed by atoms with Gasteiger partial charge in [-0.2, -0.15) is 5.10 Å². The van der Waals surface area contributed by atoms with Crippen LogP contribution in [0.1, 0.15) is 32.6 Å². The fourth-order valence-corrected chi connectivity index (χ4v) is 3.86. The van der Waals surface area contributed by atoms with Gasteiger partial charge in [0.1, 0.15) is 17.4 Å². The molecular formula is C26H23Cl2N3O2. The number of aryl methyl sites for hydroxylation is 2. The number of carbonyl (C=O) groups is 1. The first-order valence-electron chi connectivity index (χ1n) is 10.5. The highest BCUT2D eigenvalue weighted by Crippen LogP contribution is 2.23. The van der Waals surface area contributed by atoms with Gasteiger partial charge in [-0.3, -0.25) is 9.48 Å². The predicted octanol–water partition coefficient (Wildman–Crippen LogP) is 6.69. The van der Waals surface area contributed by atoms with Crippen LogP contribution in [0.15, 0.2) is 72.9 Å². The molecule has 0 unspecified atom stereocenters. The van der Waals surface area contributed by atoms with Crippen LogP contribution in [0.3, 0.4) is 0 Å². The normalized spacial score (nSPS) is 10.8. The lowest BCUT2D eigenvalue weighted by molar-refractivity contribution is 0.102. The van der Waals surface area contributed by atoms with Crippen molar-refractivity contribution in [1.29, 1.82) is 0 Å². The summed E-state index contributed by atoms with van der Waals surface area (Å²) in [6.45, 7) is 4.87. The molecule has 3 aromatic carbocycles. The first-order valence-corrected chi connectivity index (χ1v) is 11.2. The minimum absolute atomic E-state index is 0.297. The van der Waals surface area contributed by atoms with Gasteiger partial charge >= 0.3 is 0 Å². The molecule has 1 aromatic heterocycles. The lowest BCUT2D eigenvalue weighted by atomic mass is 10.1. The zero-order valence-corrected chi connectivity index (χ0v) is 19.8. The zero-order chi connectivity index (χ0) is 23.4. The van der Waals surface area contributed by atoms with E-state index in [1.807, 2.05) is 62.4 Å². The number of nitrogens with zero attached hydrogens (tertiary/aromatic N) is 2. The molecule has 1 N–H and O–H groups in total. The van der Waals surface area contributed by atoms with Gasteiger partial charge in [0.05, 0.1) is 6.54 Å². The van der Waals surface area contributed by atoms with Crippen molar-refractivity contribution in [3.05, 3.63) is 111 Å². The third kappa shape index (κ3) is 5.75. The van der Waals surface area contributed by atoms with Gasteiger partial charge < -0.3 is 10.1 Å². The molecule has 4 rings (SSSR count). The second-order valence-corrected chi connectivity index (χ2v) is 8.64. The average molecular weight is 480 g/mol. The Morgan fingerprint density at radius 1 is 1.00 bits per heavy atom. The van der Waals surface area contributed by atoms with Crippen molar-refractivity contribution in [3.8, 4) is 5.75 Å². The highest BCUT2D eigenvalue weighted by Gasteiger charge is 2.14. The first-order chi connectivity index (χ1) is 15.9. The van der Waals surface area contributed by atoms with Gasteiger partial charge in [-0.1, -0.05) is 71.2 Å². The molecule has 0 spiro atoms. The van der Waals surface area contributed by atoms with E-state index in [0.29, 0.717) is 34.6 Å². The molecule has 0 aliphatic heterocycles. The van der Waals surface area contributed by atoms with E-state index >= 15 is 0 Å². The van der Waals surface area contributed by atoms with E-state index in [1.165, 1.54) is 5.56 Å². The summed E-state index contributed by atoms with van der Waals surface area (Å²) >= 11 is 12.5. The lowest BCUT2D eigenvalue weighted by Gasteiger charge is -2.11. The van der Waals surface area contributed by atoms with Gasteiger partial charge in [0.2, 0.25) is 0 Å². The summed E-state index contributed by atoms with van der Waals surface area (Å²) in [6.07, 6.45) is 1.66. The number of benzene rings is 3. The van der Waals surface area contributed by atoms with E-state index in [-0.39, 0.29) is 5.91 Å². The summed E-state index contributed by atoms with van der Waals surface area (Å²) in [5, 5.41) is 8.18. The summed E-state index contributed by atoms with van der Waals surface area (Å²) in [5.74, 6) is 0.824. The van der Waals surface area contributed by atoms with Crippen LogP contribution in [0, 0.1) is 13.8 Å². The van der Waals surface area contributed by atoms with Crippen molar-refractivity contribution >= 4 is 34.9 Å². The summed E-state index contributed by atoms with van der Waals surface area (Å²) in [7, 11) is 0. The molecule has 33 heavy (non-hydrogen) atoms. The van der Waals surface area contributed by atoms with Crippen molar-refractivity contribution < 1.29 is 9.53 Å². The molecule has 168 valence electrons. The fourth-order valence-electron chi connectivity index (χ4n) is 3.47. The van der Waals surface area contributed by atoms with Crippen LogP contribution < -0.4 is 10.1 Å². The van der Waals surface area contributed by atoms with Crippen LogP contribution in [0.2, 0.25) is 10.0 Å². The highest BCUT2D eigenvalue weighted by atomic mass is 35.5. The van der Waals surface area contributed by atoms with Gasteiger partial charge in [-0.25, -0.2) is 0 Å². The molecule has 5 nitrogen and oxygen atoms in total. The Morgan fingerprint density at radius 3 is 2.61 bits per heavy atom. The highest BCUT2D eigenvalue weighted by molar-refractivity contribution is 6.33. The molecule has 0 fully saturated rings. The van der Waals surface area contributed by atoms with E-state index < -0.39 is 0 Å². The maximum atomic E-state index is 12.8. The lowest BCUT2D eigenvalue weighted by Crippen LogP contribution is -2.13. The number of halogens is 2. The number of aromatic nitrogens is 2. The molecule has 0 aliphatic rings. The molecule has 0 radical (unpaired) electrons. The summed E-state index contributed by atoms with van der Waals surface area (Å²) in [5.41, 5.74) is 4.55. The Hall–Kier alpha value is -3.28. The van der Waals surface area contributed by atoms with Gasteiger partial charge in [0.25, 0.3) is 5.91 Å². The number of anilines is 1.